The molecule has 0 saturated carbocycles. The Morgan fingerprint density at radius 2 is 2.19 bits per heavy atom. The van der Waals surface area contributed by atoms with E-state index in [9.17, 15) is 5.26 Å². The SMILES string of the molecule is CC12Nc3ccccc3C1C=CC=C2C#N. The van der Waals surface area contributed by atoms with Crippen molar-refractivity contribution in [2.24, 2.45) is 0 Å². The molecule has 0 saturated heterocycles. The molecule has 2 atom stereocenters. The highest BCUT2D eigenvalue weighted by Crippen LogP contribution is 2.48. The van der Waals surface area contributed by atoms with E-state index in [4.69, 9.17) is 0 Å². The highest BCUT2D eigenvalue weighted by molar-refractivity contribution is 5.68. The zero-order valence-electron chi connectivity index (χ0n) is 9.07. The van der Waals surface area contributed by atoms with Gasteiger partial charge >= 0.3 is 0 Å². The maximum absolute atomic E-state index is 9.19. The Morgan fingerprint density at radius 1 is 1.38 bits per heavy atom. The second-order valence-corrected chi connectivity index (χ2v) is 4.47. The second kappa shape index (κ2) is 2.99. The summed E-state index contributed by atoms with van der Waals surface area (Å²) in [4.78, 5) is 0. The van der Waals surface area contributed by atoms with Crippen LogP contribution in [0, 0.1) is 11.3 Å². The van der Waals surface area contributed by atoms with E-state index in [0.29, 0.717) is 0 Å². The number of benzene rings is 1. The molecule has 2 aliphatic rings. The summed E-state index contributed by atoms with van der Waals surface area (Å²) in [5, 5.41) is 12.7. The molecule has 3 rings (SSSR count). The molecule has 0 fully saturated rings. The molecule has 0 bridgehead atoms. The van der Waals surface area contributed by atoms with Gasteiger partial charge in [0.05, 0.1) is 17.2 Å². The van der Waals surface area contributed by atoms with E-state index in [2.05, 4.69) is 36.5 Å². The highest BCUT2D eigenvalue weighted by Gasteiger charge is 2.44. The van der Waals surface area contributed by atoms with Gasteiger partial charge in [0.2, 0.25) is 0 Å². The average Bonchev–Trinajstić information content (AvgIpc) is 2.60. The fourth-order valence-corrected chi connectivity index (χ4v) is 2.67. The van der Waals surface area contributed by atoms with Gasteiger partial charge in [-0.05, 0) is 24.6 Å². The predicted molar refractivity (Wildman–Crippen MR) is 64.0 cm³/mol. The van der Waals surface area contributed by atoms with Crippen LogP contribution in [0.4, 0.5) is 5.69 Å². The third-order valence-electron chi connectivity index (χ3n) is 3.56. The molecule has 78 valence electrons. The highest BCUT2D eigenvalue weighted by atomic mass is 15.0. The molecule has 2 nitrogen and oxygen atoms in total. The molecule has 0 aromatic heterocycles. The summed E-state index contributed by atoms with van der Waals surface area (Å²) >= 11 is 0. The van der Waals surface area contributed by atoms with E-state index >= 15 is 0 Å². The fourth-order valence-electron chi connectivity index (χ4n) is 2.67. The molecule has 0 amide bonds. The van der Waals surface area contributed by atoms with Crippen molar-refractivity contribution in [1.29, 1.82) is 5.26 Å². The van der Waals surface area contributed by atoms with Gasteiger partial charge in [-0.15, -0.1) is 0 Å². The Kier molecular flexibility index (Phi) is 1.73. The van der Waals surface area contributed by atoms with Gasteiger partial charge in [0.1, 0.15) is 0 Å². The minimum absolute atomic E-state index is 0.267. The molecular formula is C14H12N2. The van der Waals surface area contributed by atoms with Gasteiger partial charge in [-0.3, -0.25) is 0 Å². The lowest BCUT2D eigenvalue weighted by Gasteiger charge is -2.32. The van der Waals surface area contributed by atoms with Crippen molar-refractivity contribution in [3.8, 4) is 6.07 Å². The summed E-state index contributed by atoms with van der Waals surface area (Å²) in [6, 6.07) is 10.6. The van der Waals surface area contributed by atoms with Crippen molar-refractivity contribution < 1.29 is 0 Å². The molecule has 1 aromatic rings. The van der Waals surface area contributed by atoms with Crippen molar-refractivity contribution >= 4 is 5.69 Å². The summed E-state index contributed by atoms with van der Waals surface area (Å²) in [6.07, 6.45) is 6.05. The van der Waals surface area contributed by atoms with E-state index in [1.807, 2.05) is 24.3 Å². The van der Waals surface area contributed by atoms with Crippen LogP contribution in [0.3, 0.4) is 0 Å². The number of para-hydroxylation sites is 1. The number of nitrogens with zero attached hydrogens (tertiary/aromatic N) is 1. The molecule has 1 aromatic carbocycles. The summed E-state index contributed by atoms with van der Waals surface area (Å²) in [7, 11) is 0. The number of anilines is 1. The minimum Gasteiger partial charge on any atom is -0.374 e. The topological polar surface area (TPSA) is 35.8 Å². The van der Waals surface area contributed by atoms with E-state index in [1.54, 1.807) is 0 Å². The Labute approximate surface area is 94.9 Å². The first-order valence-corrected chi connectivity index (χ1v) is 5.42. The first-order chi connectivity index (χ1) is 7.75. The molecule has 1 aliphatic heterocycles. The van der Waals surface area contributed by atoms with Crippen LogP contribution in [0.25, 0.3) is 0 Å². The average molecular weight is 208 g/mol. The van der Waals surface area contributed by atoms with Crippen LogP contribution < -0.4 is 5.32 Å². The maximum Gasteiger partial charge on any atom is 0.0972 e. The fraction of sp³-hybridized carbons (Fsp3) is 0.214. The Morgan fingerprint density at radius 3 is 3.00 bits per heavy atom. The molecule has 1 aliphatic carbocycles. The Balaban J connectivity index is 2.18. The number of nitrogens with one attached hydrogen (secondary N) is 1. The molecule has 2 heteroatoms. The van der Waals surface area contributed by atoms with Gasteiger partial charge < -0.3 is 5.32 Å². The molecular weight excluding hydrogens is 196 g/mol. The predicted octanol–water partition coefficient (Wildman–Crippen LogP) is 2.97. The van der Waals surface area contributed by atoms with Crippen molar-refractivity contribution in [2.75, 3.05) is 5.32 Å². The lowest BCUT2D eigenvalue weighted by atomic mass is 9.76. The largest absolute Gasteiger partial charge is 0.374 e. The Bertz CT molecular complexity index is 548. The lowest BCUT2D eigenvalue weighted by Crippen LogP contribution is -2.38. The summed E-state index contributed by atoms with van der Waals surface area (Å²) in [5.41, 5.74) is 2.95. The molecule has 0 spiro atoms. The number of rotatable bonds is 0. The number of hydrogen-bond acceptors (Lipinski definition) is 2. The first-order valence-electron chi connectivity index (χ1n) is 5.42. The van der Waals surface area contributed by atoms with E-state index < -0.39 is 0 Å². The molecule has 1 heterocycles. The van der Waals surface area contributed by atoms with Crippen LogP contribution >= 0.6 is 0 Å². The van der Waals surface area contributed by atoms with Crippen LogP contribution in [0.2, 0.25) is 0 Å². The summed E-state index contributed by atoms with van der Waals surface area (Å²) in [6.45, 7) is 2.09. The van der Waals surface area contributed by atoms with E-state index in [1.165, 1.54) is 5.56 Å². The van der Waals surface area contributed by atoms with E-state index in [-0.39, 0.29) is 11.5 Å². The summed E-state index contributed by atoms with van der Waals surface area (Å²) in [5.74, 6) is 0.267. The van der Waals surface area contributed by atoms with Crippen LogP contribution in [0.1, 0.15) is 18.4 Å². The lowest BCUT2D eigenvalue weighted by molar-refractivity contribution is 0.574. The van der Waals surface area contributed by atoms with Gasteiger partial charge in [-0.2, -0.15) is 5.26 Å². The smallest absolute Gasteiger partial charge is 0.0972 e. The van der Waals surface area contributed by atoms with Crippen molar-refractivity contribution in [2.45, 2.75) is 18.4 Å². The quantitative estimate of drug-likeness (QED) is 0.711. The van der Waals surface area contributed by atoms with Crippen molar-refractivity contribution in [3.05, 3.63) is 53.6 Å². The number of hydrogen-bond donors (Lipinski definition) is 1. The van der Waals surface area contributed by atoms with Crippen molar-refractivity contribution in [3.63, 3.8) is 0 Å². The normalized spacial score (nSPS) is 29.8. The van der Waals surface area contributed by atoms with E-state index in [0.717, 1.165) is 11.3 Å². The standard InChI is InChI=1S/C14H12N2/c1-14-10(9-15)5-4-7-12(14)11-6-2-3-8-13(11)16-14/h2-8,12,16H,1H3. The third kappa shape index (κ3) is 1.00. The Hall–Kier alpha value is -2.01. The zero-order chi connectivity index (χ0) is 11.2. The number of nitriles is 1. The monoisotopic (exact) mass is 208 g/mol. The van der Waals surface area contributed by atoms with Crippen molar-refractivity contribution in [1.82, 2.24) is 0 Å². The van der Waals surface area contributed by atoms with Crippen LogP contribution in [-0.4, -0.2) is 5.54 Å². The van der Waals surface area contributed by atoms with Crippen LogP contribution in [0.5, 0.6) is 0 Å². The first kappa shape index (κ1) is 9.23. The van der Waals surface area contributed by atoms with Gasteiger partial charge in [0.15, 0.2) is 0 Å². The molecule has 16 heavy (non-hydrogen) atoms. The molecule has 0 radical (unpaired) electrons. The second-order valence-electron chi connectivity index (χ2n) is 4.47. The summed E-state index contributed by atoms with van der Waals surface area (Å²) < 4.78 is 0. The third-order valence-corrected chi connectivity index (χ3v) is 3.56. The molecule has 1 N–H and O–H groups in total. The van der Waals surface area contributed by atoms with Gasteiger partial charge in [-0.1, -0.05) is 30.4 Å². The maximum atomic E-state index is 9.19. The van der Waals surface area contributed by atoms with Gasteiger partial charge in [-0.25, -0.2) is 0 Å². The zero-order valence-corrected chi connectivity index (χ0v) is 9.07. The number of allylic oxidation sites excluding steroid dienone is 2. The minimum atomic E-state index is -0.271. The molecule has 2 unspecified atom stereocenters. The van der Waals surface area contributed by atoms with Crippen LogP contribution in [0.15, 0.2) is 48.1 Å². The van der Waals surface area contributed by atoms with Gasteiger partial charge in [0, 0.05) is 11.6 Å². The van der Waals surface area contributed by atoms with Gasteiger partial charge in [0.25, 0.3) is 0 Å². The number of fused-ring (bicyclic) bond motifs is 3. The van der Waals surface area contributed by atoms with Crippen LogP contribution in [-0.2, 0) is 0 Å².